The Morgan fingerprint density at radius 3 is 2.86 bits per heavy atom. The van der Waals surface area contributed by atoms with Gasteiger partial charge in [-0.05, 0) is 38.0 Å². The van der Waals surface area contributed by atoms with Gasteiger partial charge in [-0.15, -0.1) is 0 Å². The molecule has 1 fully saturated rings. The van der Waals surface area contributed by atoms with Crippen molar-refractivity contribution in [2.24, 2.45) is 5.73 Å². The van der Waals surface area contributed by atoms with Gasteiger partial charge in [-0.25, -0.2) is 9.07 Å². The number of para-hydroxylation sites is 1. The van der Waals surface area contributed by atoms with Gasteiger partial charge in [0.2, 0.25) is 0 Å². The molecule has 0 saturated carbocycles. The van der Waals surface area contributed by atoms with Gasteiger partial charge in [0.1, 0.15) is 11.5 Å². The minimum atomic E-state index is -0.373. The Kier molecular flexibility index (Phi) is 3.94. The summed E-state index contributed by atoms with van der Waals surface area (Å²) in [7, 11) is 0. The van der Waals surface area contributed by atoms with Crippen molar-refractivity contribution in [1.29, 1.82) is 0 Å². The van der Waals surface area contributed by atoms with E-state index in [1.54, 1.807) is 35.4 Å². The first-order valence-corrected chi connectivity index (χ1v) is 7.43. The number of aromatic nitrogens is 2. The van der Waals surface area contributed by atoms with E-state index >= 15 is 0 Å². The summed E-state index contributed by atoms with van der Waals surface area (Å²) in [5.74, 6) is -0.503. The van der Waals surface area contributed by atoms with Crippen LogP contribution in [0.25, 0.3) is 5.69 Å². The molecule has 5 nitrogen and oxygen atoms in total. The molecule has 6 heteroatoms. The van der Waals surface area contributed by atoms with Gasteiger partial charge in [-0.1, -0.05) is 12.1 Å². The second-order valence-electron chi connectivity index (χ2n) is 5.73. The summed E-state index contributed by atoms with van der Waals surface area (Å²) in [5, 5.41) is 4.22. The SMILES string of the molecule is CC1CC(N)CCN1C(=O)c1ccn(-c2ccccc2F)n1. The van der Waals surface area contributed by atoms with Crippen LogP contribution in [0.5, 0.6) is 0 Å². The zero-order chi connectivity index (χ0) is 15.7. The largest absolute Gasteiger partial charge is 0.334 e. The van der Waals surface area contributed by atoms with Gasteiger partial charge in [-0.2, -0.15) is 5.10 Å². The number of hydrogen-bond acceptors (Lipinski definition) is 3. The summed E-state index contributed by atoms with van der Waals surface area (Å²) in [6.45, 7) is 2.62. The molecule has 2 atom stereocenters. The molecule has 3 rings (SSSR count). The van der Waals surface area contributed by atoms with Crippen LogP contribution in [0, 0.1) is 5.82 Å². The maximum Gasteiger partial charge on any atom is 0.274 e. The van der Waals surface area contributed by atoms with Crippen molar-refractivity contribution in [3.8, 4) is 5.69 Å². The maximum absolute atomic E-state index is 13.8. The molecule has 0 spiro atoms. The molecule has 0 aliphatic carbocycles. The second-order valence-corrected chi connectivity index (χ2v) is 5.73. The van der Waals surface area contributed by atoms with Crippen molar-refractivity contribution in [3.63, 3.8) is 0 Å². The van der Waals surface area contributed by atoms with E-state index < -0.39 is 0 Å². The highest BCUT2D eigenvalue weighted by molar-refractivity contribution is 5.92. The van der Waals surface area contributed by atoms with E-state index in [9.17, 15) is 9.18 Å². The molecule has 0 bridgehead atoms. The van der Waals surface area contributed by atoms with E-state index in [4.69, 9.17) is 5.73 Å². The van der Waals surface area contributed by atoms with Crippen LogP contribution in [0.1, 0.15) is 30.3 Å². The van der Waals surface area contributed by atoms with Crippen LogP contribution in [0.2, 0.25) is 0 Å². The lowest BCUT2D eigenvalue weighted by atomic mass is 9.99. The molecular formula is C16H19FN4O. The average molecular weight is 302 g/mol. The summed E-state index contributed by atoms with van der Waals surface area (Å²) in [6, 6.07) is 8.20. The summed E-state index contributed by atoms with van der Waals surface area (Å²) in [6.07, 6.45) is 3.19. The summed E-state index contributed by atoms with van der Waals surface area (Å²) in [5.41, 5.74) is 6.58. The van der Waals surface area contributed by atoms with E-state index in [0.717, 1.165) is 12.8 Å². The highest BCUT2D eigenvalue weighted by atomic mass is 19.1. The number of rotatable bonds is 2. The lowest BCUT2D eigenvalue weighted by Gasteiger charge is -2.35. The standard InChI is InChI=1S/C16H19FN4O/c1-11-10-12(18)6-8-20(11)16(22)14-7-9-21(19-14)15-5-3-2-4-13(15)17/h2-5,7,9,11-12H,6,8,10,18H2,1H3. The van der Waals surface area contributed by atoms with Crippen LogP contribution in [-0.2, 0) is 0 Å². The molecule has 1 saturated heterocycles. The van der Waals surface area contributed by atoms with Crippen molar-refractivity contribution in [3.05, 3.63) is 48.0 Å². The molecule has 1 aliphatic heterocycles. The number of carbonyl (C=O) groups excluding carboxylic acids is 1. The number of hydrogen-bond donors (Lipinski definition) is 1. The van der Waals surface area contributed by atoms with E-state index in [0.29, 0.717) is 17.9 Å². The Bertz CT molecular complexity index is 684. The first-order valence-electron chi connectivity index (χ1n) is 7.43. The van der Waals surface area contributed by atoms with Gasteiger partial charge in [-0.3, -0.25) is 4.79 Å². The number of likely N-dealkylation sites (tertiary alicyclic amines) is 1. The van der Waals surface area contributed by atoms with Crippen molar-refractivity contribution >= 4 is 5.91 Å². The average Bonchev–Trinajstić information content (AvgIpc) is 2.97. The predicted octanol–water partition coefficient (Wildman–Crippen LogP) is 1.96. The van der Waals surface area contributed by atoms with Crippen LogP contribution in [0.3, 0.4) is 0 Å². The molecular weight excluding hydrogens is 283 g/mol. The minimum absolute atomic E-state index is 0.0925. The van der Waals surface area contributed by atoms with Crippen LogP contribution >= 0.6 is 0 Å². The normalized spacial score (nSPS) is 21.9. The summed E-state index contributed by atoms with van der Waals surface area (Å²) >= 11 is 0. The molecule has 22 heavy (non-hydrogen) atoms. The fourth-order valence-corrected chi connectivity index (χ4v) is 2.87. The number of carbonyl (C=O) groups is 1. The highest BCUT2D eigenvalue weighted by Crippen LogP contribution is 2.19. The third-order valence-electron chi connectivity index (χ3n) is 4.09. The van der Waals surface area contributed by atoms with Crippen LogP contribution in [0.4, 0.5) is 4.39 Å². The maximum atomic E-state index is 13.8. The number of amides is 1. The minimum Gasteiger partial charge on any atom is -0.334 e. The van der Waals surface area contributed by atoms with Gasteiger partial charge in [0.15, 0.2) is 5.69 Å². The molecule has 116 valence electrons. The lowest BCUT2D eigenvalue weighted by Crippen LogP contribution is -2.48. The summed E-state index contributed by atoms with van der Waals surface area (Å²) in [4.78, 5) is 14.4. The molecule has 0 radical (unpaired) electrons. The Labute approximate surface area is 128 Å². The number of nitrogens with two attached hydrogens (primary N) is 1. The lowest BCUT2D eigenvalue weighted by molar-refractivity contribution is 0.0612. The fourth-order valence-electron chi connectivity index (χ4n) is 2.87. The predicted molar refractivity (Wildman–Crippen MR) is 81.2 cm³/mol. The third-order valence-corrected chi connectivity index (χ3v) is 4.09. The van der Waals surface area contributed by atoms with Gasteiger partial charge >= 0.3 is 0 Å². The van der Waals surface area contributed by atoms with E-state index in [2.05, 4.69) is 5.10 Å². The van der Waals surface area contributed by atoms with Gasteiger partial charge in [0, 0.05) is 24.8 Å². The number of halogens is 1. The zero-order valence-electron chi connectivity index (χ0n) is 12.4. The highest BCUT2D eigenvalue weighted by Gasteiger charge is 2.28. The Hall–Kier alpha value is -2.21. The number of piperidine rings is 1. The number of benzene rings is 1. The molecule has 2 N–H and O–H groups in total. The third kappa shape index (κ3) is 2.74. The van der Waals surface area contributed by atoms with Crippen LogP contribution in [-0.4, -0.2) is 39.2 Å². The molecule has 1 aromatic heterocycles. The number of nitrogens with zero attached hydrogens (tertiary/aromatic N) is 3. The van der Waals surface area contributed by atoms with Gasteiger partial charge < -0.3 is 10.6 Å². The van der Waals surface area contributed by atoms with E-state index in [1.165, 1.54) is 10.7 Å². The van der Waals surface area contributed by atoms with E-state index in [1.807, 2.05) is 6.92 Å². The molecule has 1 amide bonds. The first-order chi connectivity index (χ1) is 10.6. The zero-order valence-corrected chi connectivity index (χ0v) is 12.4. The molecule has 2 heterocycles. The topological polar surface area (TPSA) is 64.2 Å². The first kappa shape index (κ1) is 14.7. The molecule has 1 aliphatic rings. The van der Waals surface area contributed by atoms with Crippen molar-refractivity contribution in [1.82, 2.24) is 14.7 Å². The molecule has 2 unspecified atom stereocenters. The quantitative estimate of drug-likeness (QED) is 0.922. The van der Waals surface area contributed by atoms with Crippen molar-refractivity contribution in [2.45, 2.75) is 31.8 Å². The molecule has 2 aromatic rings. The Morgan fingerprint density at radius 2 is 2.14 bits per heavy atom. The Morgan fingerprint density at radius 1 is 1.36 bits per heavy atom. The van der Waals surface area contributed by atoms with Crippen molar-refractivity contribution < 1.29 is 9.18 Å². The van der Waals surface area contributed by atoms with Gasteiger partial charge in [0.25, 0.3) is 5.91 Å². The monoisotopic (exact) mass is 302 g/mol. The van der Waals surface area contributed by atoms with Gasteiger partial charge in [0.05, 0.1) is 0 Å². The smallest absolute Gasteiger partial charge is 0.274 e. The Balaban J connectivity index is 1.82. The van der Waals surface area contributed by atoms with Crippen LogP contribution in [0.15, 0.2) is 36.5 Å². The van der Waals surface area contributed by atoms with Crippen LogP contribution < -0.4 is 5.73 Å². The second kappa shape index (κ2) is 5.88. The van der Waals surface area contributed by atoms with Crippen molar-refractivity contribution in [2.75, 3.05) is 6.54 Å². The fraction of sp³-hybridized carbons (Fsp3) is 0.375. The molecule has 1 aromatic carbocycles. The van der Waals surface area contributed by atoms with E-state index in [-0.39, 0.29) is 23.8 Å². The summed E-state index contributed by atoms with van der Waals surface area (Å²) < 4.78 is 15.2.